The van der Waals surface area contributed by atoms with Crippen LogP contribution in [0, 0.1) is 5.41 Å². The summed E-state index contributed by atoms with van der Waals surface area (Å²) in [4.78, 5) is 14.6. The Kier molecular flexibility index (Phi) is 5.18. The van der Waals surface area contributed by atoms with E-state index in [1.165, 1.54) is 6.42 Å². The molecule has 1 aromatic carbocycles. The highest BCUT2D eigenvalue weighted by Gasteiger charge is 2.37. The van der Waals surface area contributed by atoms with E-state index in [1.54, 1.807) is 0 Å². The monoisotopic (exact) mass is 275 g/mol. The van der Waals surface area contributed by atoms with Crippen molar-refractivity contribution in [3.05, 3.63) is 35.9 Å². The largest absolute Gasteiger partial charge is 0.395 e. The number of hydrogen-bond donors (Lipinski definition) is 1. The molecule has 1 aromatic rings. The minimum Gasteiger partial charge on any atom is -0.395 e. The third-order valence-electron chi connectivity index (χ3n) is 4.35. The molecule has 1 N–H and O–H groups in total. The van der Waals surface area contributed by atoms with Gasteiger partial charge in [0.05, 0.1) is 6.61 Å². The Morgan fingerprint density at radius 2 is 1.85 bits per heavy atom. The molecule has 0 aromatic heterocycles. The molecule has 0 bridgehead atoms. The Balaban J connectivity index is 2.09. The van der Waals surface area contributed by atoms with Crippen LogP contribution in [0.15, 0.2) is 30.3 Å². The molecule has 0 aliphatic heterocycles. The number of aliphatic hydroxyl groups excluding tert-OH is 1. The summed E-state index contributed by atoms with van der Waals surface area (Å²) in [6.07, 6.45) is 5.47. The second-order valence-electron chi connectivity index (χ2n) is 6.06. The van der Waals surface area contributed by atoms with Gasteiger partial charge < -0.3 is 10.0 Å². The van der Waals surface area contributed by atoms with Crippen molar-refractivity contribution in [3.63, 3.8) is 0 Å². The molecule has 0 atom stereocenters. The van der Waals surface area contributed by atoms with Crippen LogP contribution in [0.4, 0.5) is 0 Å². The summed E-state index contributed by atoms with van der Waals surface area (Å²) in [6, 6.07) is 10.0. The van der Waals surface area contributed by atoms with Crippen molar-refractivity contribution in [3.8, 4) is 0 Å². The van der Waals surface area contributed by atoms with Crippen LogP contribution in [0.3, 0.4) is 0 Å². The molecule has 110 valence electrons. The van der Waals surface area contributed by atoms with Gasteiger partial charge in [0.1, 0.15) is 0 Å². The molecule has 3 nitrogen and oxygen atoms in total. The molecule has 1 aliphatic carbocycles. The van der Waals surface area contributed by atoms with Crippen LogP contribution in [-0.2, 0) is 11.3 Å². The van der Waals surface area contributed by atoms with Gasteiger partial charge in [0, 0.05) is 18.5 Å². The molecule has 1 aliphatic rings. The first-order chi connectivity index (χ1) is 9.65. The standard InChI is InChI=1S/C17H25NO2/c1-17(10-6-3-7-11-17)16(20)18(12-13-19)14-15-8-4-2-5-9-15/h2,4-5,8-9,19H,3,6-7,10-14H2,1H3. The lowest BCUT2D eigenvalue weighted by atomic mass is 9.74. The minimum atomic E-state index is -0.234. The number of carbonyl (C=O) groups excluding carboxylic acids is 1. The second-order valence-corrected chi connectivity index (χ2v) is 6.06. The van der Waals surface area contributed by atoms with Gasteiger partial charge in [0.25, 0.3) is 0 Å². The SMILES string of the molecule is CC1(C(=O)N(CCO)Cc2ccccc2)CCCCC1. The van der Waals surface area contributed by atoms with Crippen LogP contribution in [0.2, 0.25) is 0 Å². The van der Waals surface area contributed by atoms with E-state index in [9.17, 15) is 9.90 Å². The second kappa shape index (κ2) is 6.89. The van der Waals surface area contributed by atoms with Gasteiger partial charge in [-0.1, -0.05) is 56.5 Å². The Bertz CT molecular complexity index is 424. The van der Waals surface area contributed by atoms with E-state index >= 15 is 0 Å². The fourth-order valence-corrected chi connectivity index (χ4v) is 3.10. The lowest BCUT2D eigenvalue weighted by molar-refractivity contribution is -0.144. The van der Waals surface area contributed by atoms with Gasteiger partial charge in [0.15, 0.2) is 0 Å². The van der Waals surface area contributed by atoms with Gasteiger partial charge in [-0.25, -0.2) is 0 Å². The zero-order chi connectivity index (χ0) is 14.4. The summed E-state index contributed by atoms with van der Waals surface area (Å²) in [6.45, 7) is 3.12. The minimum absolute atomic E-state index is 0.0225. The van der Waals surface area contributed by atoms with Gasteiger partial charge >= 0.3 is 0 Å². The van der Waals surface area contributed by atoms with Crippen LogP contribution in [0.25, 0.3) is 0 Å². The number of amides is 1. The van der Waals surface area contributed by atoms with Crippen LogP contribution in [0.1, 0.15) is 44.6 Å². The van der Waals surface area contributed by atoms with Crippen molar-refractivity contribution in [2.24, 2.45) is 5.41 Å². The molecule has 0 unspecified atom stereocenters. The number of hydrogen-bond acceptors (Lipinski definition) is 2. The molecule has 20 heavy (non-hydrogen) atoms. The number of aliphatic hydroxyl groups is 1. The number of carbonyl (C=O) groups is 1. The fraction of sp³-hybridized carbons (Fsp3) is 0.588. The first-order valence-electron chi connectivity index (χ1n) is 7.60. The van der Waals surface area contributed by atoms with Crippen LogP contribution in [-0.4, -0.2) is 29.1 Å². The molecule has 0 heterocycles. The molecule has 0 saturated heterocycles. The Hall–Kier alpha value is -1.35. The summed E-state index contributed by atoms with van der Waals surface area (Å²) in [5.41, 5.74) is 0.885. The molecule has 3 heteroatoms. The first-order valence-corrected chi connectivity index (χ1v) is 7.60. The van der Waals surface area contributed by atoms with Crippen molar-refractivity contribution in [2.45, 2.75) is 45.6 Å². The maximum atomic E-state index is 12.8. The zero-order valence-electron chi connectivity index (χ0n) is 12.3. The Morgan fingerprint density at radius 1 is 1.20 bits per heavy atom. The number of benzene rings is 1. The average Bonchev–Trinajstić information content (AvgIpc) is 2.48. The van der Waals surface area contributed by atoms with Crippen LogP contribution < -0.4 is 0 Å². The van der Waals surface area contributed by atoms with Crippen molar-refractivity contribution in [2.75, 3.05) is 13.2 Å². The Labute approximate surface area is 121 Å². The van der Waals surface area contributed by atoms with Crippen LogP contribution >= 0.6 is 0 Å². The fourth-order valence-electron chi connectivity index (χ4n) is 3.10. The lowest BCUT2D eigenvalue weighted by Gasteiger charge is -2.37. The molecule has 0 spiro atoms. The Morgan fingerprint density at radius 3 is 2.45 bits per heavy atom. The third-order valence-corrected chi connectivity index (χ3v) is 4.35. The number of rotatable bonds is 5. The van der Waals surface area contributed by atoms with Crippen molar-refractivity contribution >= 4 is 5.91 Å². The maximum absolute atomic E-state index is 12.8. The summed E-state index contributed by atoms with van der Waals surface area (Å²) in [7, 11) is 0. The summed E-state index contributed by atoms with van der Waals surface area (Å²) >= 11 is 0. The molecule has 1 fully saturated rings. The maximum Gasteiger partial charge on any atom is 0.228 e. The molecule has 2 rings (SSSR count). The predicted molar refractivity (Wildman–Crippen MR) is 80.1 cm³/mol. The van der Waals surface area contributed by atoms with Gasteiger partial charge in [-0.2, -0.15) is 0 Å². The molecular formula is C17H25NO2. The molecule has 1 amide bonds. The van der Waals surface area contributed by atoms with Crippen molar-refractivity contribution in [1.29, 1.82) is 0 Å². The van der Waals surface area contributed by atoms with E-state index in [0.717, 1.165) is 31.2 Å². The third kappa shape index (κ3) is 3.60. The van der Waals surface area contributed by atoms with E-state index < -0.39 is 0 Å². The highest BCUT2D eigenvalue weighted by molar-refractivity contribution is 5.82. The smallest absolute Gasteiger partial charge is 0.228 e. The van der Waals surface area contributed by atoms with Crippen molar-refractivity contribution < 1.29 is 9.90 Å². The molecule has 1 saturated carbocycles. The topological polar surface area (TPSA) is 40.5 Å². The van der Waals surface area contributed by atoms with E-state index in [4.69, 9.17) is 0 Å². The van der Waals surface area contributed by atoms with Gasteiger partial charge in [-0.3, -0.25) is 4.79 Å². The molecular weight excluding hydrogens is 250 g/mol. The van der Waals surface area contributed by atoms with E-state index in [1.807, 2.05) is 35.2 Å². The predicted octanol–water partition coefficient (Wildman–Crippen LogP) is 2.98. The highest BCUT2D eigenvalue weighted by Crippen LogP contribution is 2.37. The van der Waals surface area contributed by atoms with Gasteiger partial charge in [-0.05, 0) is 18.4 Å². The highest BCUT2D eigenvalue weighted by atomic mass is 16.3. The quantitative estimate of drug-likeness (QED) is 0.897. The first kappa shape index (κ1) is 15.0. The van der Waals surface area contributed by atoms with Gasteiger partial charge in [0.2, 0.25) is 5.91 Å². The van der Waals surface area contributed by atoms with Gasteiger partial charge in [-0.15, -0.1) is 0 Å². The van der Waals surface area contributed by atoms with Crippen molar-refractivity contribution in [1.82, 2.24) is 4.90 Å². The summed E-state index contributed by atoms with van der Waals surface area (Å²) < 4.78 is 0. The molecule has 0 radical (unpaired) electrons. The van der Waals surface area contributed by atoms with E-state index in [2.05, 4.69) is 6.92 Å². The summed E-state index contributed by atoms with van der Waals surface area (Å²) in [5, 5.41) is 9.25. The van der Waals surface area contributed by atoms with Crippen LogP contribution in [0.5, 0.6) is 0 Å². The number of nitrogens with zero attached hydrogens (tertiary/aromatic N) is 1. The van der Waals surface area contributed by atoms with E-state index in [-0.39, 0.29) is 17.9 Å². The summed E-state index contributed by atoms with van der Waals surface area (Å²) in [5.74, 6) is 0.204. The average molecular weight is 275 g/mol. The lowest BCUT2D eigenvalue weighted by Crippen LogP contribution is -2.44. The van der Waals surface area contributed by atoms with E-state index in [0.29, 0.717) is 13.1 Å². The zero-order valence-corrected chi connectivity index (χ0v) is 12.3. The normalized spacial score (nSPS) is 17.7.